The Hall–Kier alpha value is -8.41. The maximum absolute atomic E-state index is 5.35. The fourth-order valence-corrected chi connectivity index (χ4v) is 9.66. The van der Waals surface area contributed by atoms with Crippen molar-refractivity contribution in [3.63, 3.8) is 0 Å². The molecule has 0 aliphatic carbocycles. The van der Waals surface area contributed by atoms with E-state index in [-0.39, 0.29) is 0 Å². The minimum absolute atomic E-state index is 0.625. The molecule has 10 aromatic carbocycles. The van der Waals surface area contributed by atoms with Gasteiger partial charge in [-0.25, -0.2) is 15.0 Å². The van der Waals surface area contributed by atoms with Crippen LogP contribution in [0.4, 0.5) is 0 Å². The lowest BCUT2D eigenvalue weighted by Gasteiger charge is -2.13. The van der Waals surface area contributed by atoms with Crippen molar-refractivity contribution in [2.75, 3.05) is 0 Å². The van der Waals surface area contributed by atoms with Crippen LogP contribution in [0.3, 0.4) is 0 Å². The molecule has 288 valence electrons. The molecule has 5 nitrogen and oxygen atoms in total. The van der Waals surface area contributed by atoms with E-state index in [9.17, 15) is 0 Å². The molecule has 0 spiro atoms. The summed E-state index contributed by atoms with van der Waals surface area (Å²) in [7, 11) is 0. The van der Waals surface area contributed by atoms with Gasteiger partial charge in [-0.1, -0.05) is 152 Å². The normalized spacial score (nSPS) is 11.9. The second-order valence-corrected chi connectivity index (χ2v) is 16.0. The van der Waals surface area contributed by atoms with E-state index in [0.29, 0.717) is 17.5 Å². The first-order valence-corrected chi connectivity index (χ1v) is 21.0. The Kier molecular flexibility index (Phi) is 7.54. The topological polar surface area (TPSA) is 48.5 Å². The number of rotatable bonds is 5. The summed E-state index contributed by atoms with van der Waals surface area (Å²) in [6, 6.07) is 75.8. The van der Waals surface area contributed by atoms with Gasteiger partial charge >= 0.3 is 0 Å². The van der Waals surface area contributed by atoms with E-state index in [1.165, 1.54) is 43.4 Å². The summed E-state index contributed by atoms with van der Waals surface area (Å²) >= 11 is 0. The summed E-state index contributed by atoms with van der Waals surface area (Å²) in [5.41, 5.74) is 9.61. The highest BCUT2D eigenvalue weighted by Gasteiger charge is 2.22. The predicted octanol–water partition coefficient (Wildman–Crippen LogP) is 14.5. The zero-order valence-electron chi connectivity index (χ0n) is 33.4. The van der Waals surface area contributed by atoms with Gasteiger partial charge < -0.3 is 9.13 Å². The van der Waals surface area contributed by atoms with Crippen LogP contribution in [-0.2, 0) is 0 Å². The van der Waals surface area contributed by atoms with Gasteiger partial charge in [-0.15, -0.1) is 0 Å². The molecule has 3 heterocycles. The maximum Gasteiger partial charge on any atom is 0.164 e. The van der Waals surface area contributed by atoms with Crippen LogP contribution < -0.4 is 0 Å². The highest BCUT2D eigenvalue weighted by Crippen LogP contribution is 2.43. The van der Waals surface area contributed by atoms with Crippen LogP contribution in [0.2, 0.25) is 0 Å². The minimum atomic E-state index is 0.625. The monoisotopic (exact) mass is 789 g/mol. The number of para-hydroxylation sites is 3. The first-order chi connectivity index (χ1) is 30.7. The average molecular weight is 790 g/mol. The summed E-state index contributed by atoms with van der Waals surface area (Å²) < 4.78 is 4.80. The quantitative estimate of drug-likeness (QED) is 0.174. The van der Waals surface area contributed by atoms with Gasteiger partial charge in [0.2, 0.25) is 0 Å². The molecule has 0 saturated heterocycles. The number of nitrogens with zero attached hydrogens (tertiary/aromatic N) is 5. The van der Waals surface area contributed by atoms with Crippen LogP contribution in [0, 0.1) is 0 Å². The van der Waals surface area contributed by atoms with E-state index in [2.05, 4.69) is 221 Å². The molecule has 3 aromatic heterocycles. The van der Waals surface area contributed by atoms with Gasteiger partial charge in [0.25, 0.3) is 0 Å². The Labute approximate surface area is 356 Å². The van der Waals surface area contributed by atoms with E-state index in [4.69, 9.17) is 15.0 Å². The number of fused-ring (bicyclic) bond motifs is 10. The Balaban J connectivity index is 1.11. The van der Waals surface area contributed by atoms with Gasteiger partial charge in [0, 0.05) is 49.6 Å². The largest absolute Gasteiger partial charge is 0.309 e. The zero-order valence-corrected chi connectivity index (χ0v) is 33.4. The Morgan fingerprint density at radius 2 is 0.758 bits per heavy atom. The SMILES string of the molecule is c1ccc(-n2c3ccc(-n4c5ccccc5c5ccccc54)cc3c3c4ccccc4c(-c4nc(-c5ccc6ccccc6c5)nc(-c5ccc6ccccc6c5)n4)cc32)cc1. The molecule has 62 heavy (non-hydrogen) atoms. The number of hydrogen-bond donors (Lipinski definition) is 0. The molecule has 0 bridgehead atoms. The van der Waals surface area contributed by atoms with Gasteiger partial charge in [0.05, 0.1) is 22.1 Å². The van der Waals surface area contributed by atoms with Crippen molar-refractivity contribution in [2.24, 2.45) is 0 Å². The molecule has 0 amide bonds. The fraction of sp³-hybridized carbons (Fsp3) is 0. The van der Waals surface area contributed by atoms with Gasteiger partial charge in [0.15, 0.2) is 17.5 Å². The van der Waals surface area contributed by atoms with Crippen molar-refractivity contribution < 1.29 is 0 Å². The van der Waals surface area contributed by atoms with Gasteiger partial charge in [0.1, 0.15) is 0 Å². The van der Waals surface area contributed by atoms with Crippen molar-refractivity contribution in [2.45, 2.75) is 0 Å². The highest BCUT2D eigenvalue weighted by atomic mass is 15.0. The van der Waals surface area contributed by atoms with Crippen LogP contribution in [0.25, 0.3) is 121 Å². The van der Waals surface area contributed by atoms with E-state index < -0.39 is 0 Å². The molecule has 0 aliphatic heterocycles. The van der Waals surface area contributed by atoms with E-state index in [1.807, 2.05) is 0 Å². The lowest BCUT2D eigenvalue weighted by molar-refractivity contribution is 1.08. The number of hydrogen-bond acceptors (Lipinski definition) is 3. The molecule has 13 rings (SSSR count). The Bertz CT molecular complexity index is 3780. The van der Waals surface area contributed by atoms with E-state index in [0.717, 1.165) is 60.6 Å². The minimum Gasteiger partial charge on any atom is -0.309 e. The average Bonchev–Trinajstić information content (AvgIpc) is 3.86. The molecule has 0 radical (unpaired) electrons. The molecular formula is C57H35N5. The molecule has 0 atom stereocenters. The predicted molar refractivity (Wildman–Crippen MR) is 257 cm³/mol. The first-order valence-electron chi connectivity index (χ1n) is 21.0. The third-order valence-electron chi connectivity index (χ3n) is 12.5. The third-order valence-corrected chi connectivity index (χ3v) is 12.5. The van der Waals surface area contributed by atoms with E-state index in [1.54, 1.807) is 0 Å². The second kappa shape index (κ2) is 13.6. The fourth-order valence-electron chi connectivity index (χ4n) is 9.66. The molecule has 13 aromatic rings. The second-order valence-electron chi connectivity index (χ2n) is 16.0. The molecule has 0 unspecified atom stereocenters. The lowest BCUT2D eigenvalue weighted by Crippen LogP contribution is -2.01. The molecule has 5 heteroatoms. The Morgan fingerprint density at radius 3 is 1.39 bits per heavy atom. The van der Waals surface area contributed by atoms with Crippen LogP contribution in [0.15, 0.2) is 212 Å². The van der Waals surface area contributed by atoms with Crippen molar-refractivity contribution in [1.82, 2.24) is 24.1 Å². The molecule has 0 N–H and O–H groups in total. The molecule has 0 saturated carbocycles. The first kappa shape index (κ1) is 34.5. The van der Waals surface area contributed by atoms with Crippen molar-refractivity contribution in [1.29, 1.82) is 0 Å². The molecule has 0 fully saturated rings. The van der Waals surface area contributed by atoms with Gasteiger partial charge in [-0.3, -0.25) is 0 Å². The highest BCUT2D eigenvalue weighted by molar-refractivity contribution is 6.24. The molecule has 0 aliphatic rings. The maximum atomic E-state index is 5.35. The number of benzene rings is 10. The lowest BCUT2D eigenvalue weighted by atomic mass is 9.98. The van der Waals surface area contributed by atoms with Crippen molar-refractivity contribution in [3.8, 4) is 45.5 Å². The number of aromatic nitrogens is 5. The Morgan fingerprint density at radius 1 is 0.274 bits per heavy atom. The third kappa shape index (κ3) is 5.32. The van der Waals surface area contributed by atoms with Crippen molar-refractivity contribution >= 4 is 75.9 Å². The van der Waals surface area contributed by atoms with Gasteiger partial charge in [-0.05, 0) is 93.0 Å². The molecular weight excluding hydrogens is 755 g/mol. The van der Waals surface area contributed by atoms with Crippen LogP contribution >= 0.6 is 0 Å². The van der Waals surface area contributed by atoms with E-state index >= 15 is 0 Å². The smallest absolute Gasteiger partial charge is 0.164 e. The summed E-state index contributed by atoms with van der Waals surface area (Å²) in [6.45, 7) is 0. The van der Waals surface area contributed by atoms with Crippen LogP contribution in [-0.4, -0.2) is 24.1 Å². The van der Waals surface area contributed by atoms with Crippen LogP contribution in [0.5, 0.6) is 0 Å². The zero-order chi connectivity index (χ0) is 40.7. The summed E-state index contributed by atoms with van der Waals surface area (Å²) in [5, 5.41) is 11.7. The summed E-state index contributed by atoms with van der Waals surface area (Å²) in [6.07, 6.45) is 0. The van der Waals surface area contributed by atoms with Gasteiger partial charge in [-0.2, -0.15) is 0 Å². The van der Waals surface area contributed by atoms with Crippen molar-refractivity contribution in [3.05, 3.63) is 212 Å². The van der Waals surface area contributed by atoms with Crippen LogP contribution in [0.1, 0.15) is 0 Å². The summed E-state index contributed by atoms with van der Waals surface area (Å²) in [4.78, 5) is 15.9. The summed E-state index contributed by atoms with van der Waals surface area (Å²) in [5.74, 6) is 1.89. The standard InChI is InChI=1S/C57H35N5/c1-2-18-42(19-3-1)61-52-31-30-43(62-50-24-12-10-21-45(50)46-22-11-13-25-51(46)62)34-49(52)54-47-23-9-8-20-44(47)48(35-53(54)61)57-59-55(40-28-26-36-14-4-6-16-38(36)32-40)58-56(60-57)41-29-27-37-15-5-7-17-39(37)33-41/h1-35H.